The molecule has 0 bridgehead atoms. The Morgan fingerprint density at radius 2 is 0.810 bits per heavy atom. The molecule has 42 heavy (non-hydrogen) atoms. The number of benzene rings is 6. The van der Waals surface area contributed by atoms with Crippen molar-refractivity contribution in [1.82, 2.24) is 15.0 Å². The predicted octanol–water partition coefficient (Wildman–Crippen LogP) is 9.23. The van der Waals surface area contributed by atoms with Gasteiger partial charge in [0.25, 0.3) is 0 Å². The molecule has 1 heterocycles. The smallest absolute Gasteiger partial charge is 0.164 e. The second-order valence-corrected chi connectivity index (χ2v) is 9.98. The van der Waals surface area contributed by atoms with Gasteiger partial charge in [0.2, 0.25) is 0 Å². The summed E-state index contributed by atoms with van der Waals surface area (Å²) in [6.07, 6.45) is 0. The molecule has 7 aromatic rings. The van der Waals surface area contributed by atoms with Crippen molar-refractivity contribution in [2.45, 2.75) is 0 Å². The van der Waals surface area contributed by atoms with Gasteiger partial charge in [-0.2, -0.15) is 5.26 Å². The zero-order valence-electron chi connectivity index (χ0n) is 22.6. The van der Waals surface area contributed by atoms with Crippen molar-refractivity contribution >= 4 is 10.8 Å². The molecule has 0 unspecified atom stereocenters. The van der Waals surface area contributed by atoms with Gasteiger partial charge in [0, 0.05) is 16.7 Å². The van der Waals surface area contributed by atoms with Crippen molar-refractivity contribution in [2.75, 3.05) is 0 Å². The van der Waals surface area contributed by atoms with Crippen molar-refractivity contribution in [2.24, 2.45) is 0 Å². The summed E-state index contributed by atoms with van der Waals surface area (Å²) in [7, 11) is 0. The Morgan fingerprint density at radius 1 is 0.357 bits per heavy atom. The van der Waals surface area contributed by atoms with E-state index in [2.05, 4.69) is 66.7 Å². The fourth-order valence-corrected chi connectivity index (χ4v) is 5.34. The Hall–Kier alpha value is -5.92. The molecule has 0 N–H and O–H groups in total. The number of rotatable bonds is 5. The fourth-order valence-electron chi connectivity index (χ4n) is 5.34. The van der Waals surface area contributed by atoms with Crippen LogP contribution in [-0.2, 0) is 0 Å². The first-order chi connectivity index (χ1) is 20.8. The van der Waals surface area contributed by atoms with E-state index in [-0.39, 0.29) is 0 Å². The first kappa shape index (κ1) is 25.1. The molecule has 0 atom stereocenters. The van der Waals surface area contributed by atoms with E-state index in [1.54, 1.807) is 0 Å². The third kappa shape index (κ3) is 4.70. The summed E-state index contributed by atoms with van der Waals surface area (Å²) in [4.78, 5) is 14.8. The molecule has 1 aromatic heterocycles. The third-order valence-electron chi connectivity index (χ3n) is 7.42. The van der Waals surface area contributed by atoms with E-state index in [4.69, 9.17) is 15.0 Å². The van der Waals surface area contributed by atoms with Gasteiger partial charge in [0.05, 0.1) is 11.6 Å². The van der Waals surface area contributed by atoms with Crippen LogP contribution in [-0.4, -0.2) is 15.0 Å². The number of aromatic nitrogens is 3. The van der Waals surface area contributed by atoms with Crippen LogP contribution < -0.4 is 0 Å². The highest BCUT2D eigenvalue weighted by molar-refractivity contribution is 6.04. The standard InChI is InChI=1S/C38H24N4/c39-25-30-15-7-8-16-31(30)26-19-21-27(22-20-26)32-23-24-35(34-18-10-9-17-33(32)34)38-41-36(28-11-3-1-4-12-28)40-37(42-38)29-13-5-2-6-14-29/h1-24H. The first-order valence-electron chi connectivity index (χ1n) is 13.8. The molecule has 4 heteroatoms. The zero-order valence-corrected chi connectivity index (χ0v) is 22.6. The minimum Gasteiger partial charge on any atom is -0.208 e. The Labute approximate surface area is 244 Å². The minimum absolute atomic E-state index is 0.633. The summed E-state index contributed by atoms with van der Waals surface area (Å²) >= 11 is 0. The minimum atomic E-state index is 0.633. The summed E-state index contributed by atoms with van der Waals surface area (Å²) in [5.41, 5.74) is 7.67. The fraction of sp³-hybridized carbons (Fsp3) is 0. The van der Waals surface area contributed by atoms with Gasteiger partial charge in [-0.15, -0.1) is 0 Å². The second-order valence-electron chi connectivity index (χ2n) is 9.98. The van der Waals surface area contributed by atoms with E-state index in [0.717, 1.165) is 49.7 Å². The quantitative estimate of drug-likeness (QED) is 0.220. The van der Waals surface area contributed by atoms with E-state index in [0.29, 0.717) is 23.0 Å². The zero-order chi connectivity index (χ0) is 28.3. The summed E-state index contributed by atoms with van der Waals surface area (Å²) < 4.78 is 0. The molecular weight excluding hydrogens is 512 g/mol. The number of hydrogen-bond acceptors (Lipinski definition) is 4. The lowest BCUT2D eigenvalue weighted by Crippen LogP contribution is -2.00. The molecule has 0 aliphatic heterocycles. The molecule has 0 spiro atoms. The average molecular weight is 537 g/mol. The molecule has 0 amide bonds. The topological polar surface area (TPSA) is 62.5 Å². The summed E-state index contributed by atoms with van der Waals surface area (Å²) in [6, 6.07) is 51.1. The van der Waals surface area contributed by atoms with Crippen LogP contribution in [0.4, 0.5) is 0 Å². The second kappa shape index (κ2) is 10.9. The first-order valence-corrected chi connectivity index (χ1v) is 13.8. The molecule has 0 aliphatic carbocycles. The highest BCUT2D eigenvalue weighted by Crippen LogP contribution is 2.36. The van der Waals surface area contributed by atoms with Crippen LogP contribution in [0.2, 0.25) is 0 Å². The van der Waals surface area contributed by atoms with E-state index in [9.17, 15) is 5.26 Å². The number of hydrogen-bond donors (Lipinski definition) is 0. The highest BCUT2D eigenvalue weighted by Gasteiger charge is 2.16. The van der Waals surface area contributed by atoms with E-state index in [1.807, 2.05) is 84.9 Å². The maximum absolute atomic E-state index is 9.55. The van der Waals surface area contributed by atoms with Gasteiger partial charge < -0.3 is 0 Å². The Balaban J connectivity index is 1.36. The monoisotopic (exact) mass is 536 g/mol. The van der Waals surface area contributed by atoms with Crippen LogP contribution in [0.15, 0.2) is 146 Å². The Morgan fingerprint density at radius 3 is 1.40 bits per heavy atom. The lowest BCUT2D eigenvalue weighted by atomic mass is 9.93. The van der Waals surface area contributed by atoms with Crippen LogP contribution in [0.3, 0.4) is 0 Å². The van der Waals surface area contributed by atoms with E-state index < -0.39 is 0 Å². The van der Waals surface area contributed by atoms with Crippen molar-refractivity contribution in [3.63, 3.8) is 0 Å². The van der Waals surface area contributed by atoms with Crippen LogP contribution in [0.5, 0.6) is 0 Å². The van der Waals surface area contributed by atoms with Gasteiger partial charge in [0.1, 0.15) is 0 Å². The van der Waals surface area contributed by atoms with Gasteiger partial charge >= 0.3 is 0 Å². The summed E-state index contributed by atoms with van der Waals surface area (Å²) in [6.45, 7) is 0. The lowest BCUT2D eigenvalue weighted by Gasteiger charge is -2.13. The maximum atomic E-state index is 9.55. The average Bonchev–Trinajstić information content (AvgIpc) is 3.08. The van der Waals surface area contributed by atoms with E-state index in [1.165, 1.54) is 0 Å². The lowest BCUT2D eigenvalue weighted by molar-refractivity contribution is 1.08. The number of fused-ring (bicyclic) bond motifs is 1. The van der Waals surface area contributed by atoms with Crippen LogP contribution in [0.1, 0.15) is 5.56 Å². The van der Waals surface area contributed by atoms with Crippen molar-refractivity contribution in [3.8, 4) is 62.5 Å². The van der Waals surface area contributed by atoms with Crippen molar-refractivity contribution in [1.29, 1.82) is 5.26 Å². The Bertz CT molecular complexity index is 2020. The molecular formula is C38H24N4. The molecule has 0 radical (unpaired) electrons. The normalized spacial score (nSPS) is 10.8. The van der Waals surface area contributed by atoms with Gasteiger partial charge in [-0.3, -0.25) is 0 Å². The van der Waals surface area contributed by atoms with Crippen LogP contribution in [0.25, 0.3) is 67.2 Å². The van der Waals surface area contributed by atoms with Gasteiger partial charge in [-0.05, 0) is 45.2 Å². The van der Waals surface area contributed by atoms with Crippen LogP contribution in [0, 0.1) is 11.3 Å². The molecule has 196 valence electrons. The number of nitrogens with zero attached hydrogens (tertiary/aromatic N) is 4. The largest absolute Gasteiger partial charge is 0.208 e. The highest BCUT2D eigenvalue weighted by atomic mass is 15.0. The van der Waals surface area contributed by atoms with Gasteiger partial charge in [-0.25, -0.2) is 15.0 Å². The molecule has 4 nitrogen and oxygen atoms in total. The molecule has 0 saturated carbocycles. The Kier molecular flexibility index (Phi) is 6.52. The maximum Gasteiger partial charge on any atom is 0.164 e. The third-order valence-corrected chi connectivity index (χ3v) is 7.42. The van der Waals surface area contributed by atoms with Crippen molar-refractivity contribution in [3.05, 3.63) is 151 Å². The molecule has 0 fully saturated rings. The SMILES string of the molecule is N#Cc1ccccc1-c1ccc(-c2ccc(-c3nc(-c4ccccc4)nc(-c4ccccc4)n3)c3ccccc23)cc1. The van der Waals surface area contributed by atoms with Crippen molar-refractivity contribution < 1.29 is 0 Å². The van der Waals surface area contributed by atoms with Gasteiger partial charge in [0.15, 0.2) is 17.5 Å². The summed E-state index contributed by atoms with van der Waals surface area (Å²) in [5, 5.41) is 11.7. The molecule has 7 rings (SSSR count). The van der Waals surface area contributed by atoms with Gasteiger partial charge in [-0.1, -0.05) is 133 Å². The predicted molar refractivity (Wildman–Crippen MR) is 169 cm³/mol. The molecule has 6 aromatic carbocycles. The molecule has 0 saturated heterocycles. The van der Waals surface area contributed by atoms with Crippen LogP contribution >= 0.6 is 0 Å². The number of nitriles is 1. The molecule has 0 aliphatic rings. The van der Waals surface area contributed by atoms with E-state index >= 15 is 0 Å². The summed E-state index contributed by atoms with van der Waals surface area (Å²) in [5.74, 6) is 1.91.